The largest absolute Gasteiger partial charge is 0.462 e. The highest BCUT2D eigenvalue weighted by Crippen LogP contribution is 2.17. The Kier molecular flexibility index (Phi) is 5.55. The molecule has 0 bridgehead atoms. The zero-order valence-electron chi connectivity index (χ0n) is 15.2. The molecule has 144 valence electrons. The Hall–Kier alpha value is -3.46. The van der Waals surface area contributed by atoms with Gasteiger partial charge < -0.3 is 9.73 Å². The van der Waals surface area contributed by atoms with Crippen LogP contribution in [-0.4, -0.2) is 24.3 Å². The second kappa shape index (κ2) is 8.05. The predicted molar refractivity (Wildman–Crippen MR) is 105 cm³/mol. The van der Waals surface area contributed by atoms with Crippen LogP contribution in [0.2, 0.25) is 0 Å². The van der Waals surface area contributed by atoms with Crippen LogP contribution in [0.1, 0.15) is 17.2 Å². The molecule has 2 heterocycles. The quantitative estimate of drug-likeness (QED) is 0.617. The van der Waals surface area contributed by atoms with Crippen molar-refractivity contribution in [3.63, 3.8) is 0 Å². The Morgan fingerprint density at radius 2 is 1.82 bits per heavy atom. The number of anilines is 2. The molecule has 2 N–H and O–H groups in total. The lowest BCUT2D eigenvalue weighted by molar-refractivity contribution is -0.111. The number of hydrogen-bond donors (Lipinski definition) is 2. The Morgan fingerprint density at radius 3 is 2.46 bits per heavy atom. The number of hydrogen-bond acceptors (Lipinski definition) is 6. The minimum absolute atomic E-state index is 0.00400. The van der Waals surface area contributed by atoms with Gasteiger partial charge >= 0.3 is 0 Å². The number of carbonyl (C=O) groups is 1. The molecular formula is C19H18N4O4S. The first-order chi connectivity index (χ1) is 13.3. The summed E-state index contributed by atoms with van der Waals surface area (Å²) in [6.45, 7) is 3.55. The molecule has 3 aromatic rings. The Bertz CT molecular complexity index is 1120. The van der Waals surface area contributed by atoms with E-state index in [4.69, 9.17) is 4.42 Å². The summed E-state index contributed by atoms with van der Waals surface area (Å²) in [7, 11) is -3.83. The second-order valence-electron chi connectivity index (χ2n) is 5.92. The second-order valence-corrected chi connectivity index (χ2v) is 7.60. The molecule has 0 spiro atoms. The number of amides is 1. The molecule has 0 saturated carbocycles. The van der Waals surface area contributed by atoms with E-state index in [1.165, 1.54) is 36.5 Å². The van der Waals surface area contributed by atoms with Gasteiger partial charge in [0.1, 0.15) is 11.5 Å². The summed E-state index contributed by atoms with van der Waals surface area (Å²) >= 11 is 0. The van der Waals surface area contributed by atoms with E-state index in [1.54, 1.807) is 31.2 Å². The van der Waals surface area contributed by atoms with E-state index in [0.29, 0.717) is 17.1 Å². The van der Waals surface area contributed by atoms with Gasteiger partial charge in [-0.15, -0.1) is 0 Å². The summed E-state index contributed by atoms with van der Waals surface area (Å²) in [5.41, 5.74) is 1.10. The van der Waals surface area contributed by atoms with Gasteiger partial charge in [0.15, 0.2) is 0 Å². The maximum atomic E-state index is 12.4. The Labute approximate surface area is 162 Å². The van der Waals surface area contributed by atoms with Crippen LogP contribution in [0.15, 0.2) is 64.1 Å². The van der Waals surface area contributed by atoms with Crippen LogP contribution in [-0.2, 0) is 14.8 Å². The smallest absolute Gasteiger partial charge is 0.264 e. The number of benzene rings is 1. The third-order valence-corrected chi connectivity index (χ3v) is 4.96. The lowest BCUT2D eigenvalue weighted by atomic mass is 10.3. The summed E-state index contributed by atoms with van der Waals surface area (Å²) in [5, 5.41) is 2.65. The maximum absolute atomic E-state index is 12.4. The molecule has 8 nitrogen and oxygen atoms in total. The standard InChI is InChI=1S/C19H18N4O4S/c1-13-11-12-20-19(21-13)23-28(25,26)17-8-4-15(5-9-17)22-18(24)10-7-16-6-3-14(2)27-16/h3-12H,1-2H3,(H,22,24)(H,20,21,23)/b10-7+. The van der Waals surface area contributed by atoms with Crippen LogP contribution in [0, 0.1) is 13.8 Å². The number of nitrogens with zero attached hydrogens (tertiary/aromatic N) is 2. The minimum Gasteiger partial charge on any atom is -0.462 e. The summed E-state index contributed by atoms with van der Waals surface area (Å²) in [6.07, 6.45) is 4.35. The van der Waals surface area contributed by atoms with Gasteiger partial charge in [0.25, 0.3) is 10.0 Å². The first kappa shape index (κ1) is 19.3. The summed E-state index contributed by atoms with van der Waals surface area (Å²) in [6, 6.07) is 11.0. The van der Waals surface area contributed by atoms with Gasteiger partial charge in [-0.3, -0.25) is 4.79 Å². The van der Waals surface area contributed by atoms with E-state index in [2.05, 4.69) is 20.0 Å². The number of sulfonamides is 1. The van der Waals surface area contributed by atoms with Crippen LogP contribution in [0.25, 0.3) is 6.08 Å². The molecular weight excluding hydrogens is 380 g/mol. The number of aryl methyl sites for hydroxylation is 2. The topological polar surface area (TPSA) is 114 Å². The highest BCUT2D eigenvalue weighted by molar-refractivity contribution is 7.92. The molecule has 0 saturated heterocycles. The van der Waals surface area contributed by atoms with E-state index in [1.807, 2.05) is 6.92 Å². The number of aromatic nitrogens is 2. The van der Waals surface area contributed by atoms with Crippen LogP contribution in [0.4, 0.5) is 11.6 Å². The van der Waals surface area contributed by atoms with Gasteiger partial charge in [-0.25, -0.2) is 23.1 Å². The van der Waals surface area contributed by atoms with Crippen molar-refractivity contribution in [2.24, 2.45) is 0 Å². The van der Waals surface area contributed by atoms with Crippen molar-refractivity contribution < 1.29 is 17.6 Å². The molecule has 0 aliphatic heterocycles. The molecule has 0 aliphatic carbocycles. The van der Waals surface area contributed by atoms with Crippen molar-refractivity contribution >= 4 is 33.6 Å². The first-order valence-electron chi connectivity index (χ1n) is 8.30. The molecule has 0 fully saturated rings. The molecule has 0 unspecified atom stereocenters. The zero-order chi connectivity index (χ0) is 20.1. The lowest BCUT2D eigenvalue weighted by Gasteiger charge is -2.08. The van der Waals surface area contributed by atoms with Crippen molar-refractivity contribution in [2.75, 3.05) is 10.0 Å². The van der Waals surface area contributed by atoms with Crippen molar-refractivity contribution in [1.29, 1.82) is 0 Å². The minimum atomic E-state index is -3.83. The summed E-state index contributed by atoms with van der Waals surface area (Å²) in [5.74, 6) is 0.951. The number of carbonyl (C=O) groups excluding carboxylic acids is 1. The number of rotatable bonds is 6. The predicted octanol–water partition coefficient (Wildman–Crippen LogP) is 3.14. The van der Waals surface area contributed by atoms with Crippen LogP contribution in [0.5, 0.6) is 0 Å². The van der Waals surface area contributed by atoms with Gasteiger partial charge in [0.2, 0.25) is 11.9 Å². The van der Waals surface area contributed by atoms with Crippen LogP contribution in [0.3, 0.4) is 0 Å². The number of nitrogens with one attached hydrogen (secondary N) is 2. The Morgan fingerprint density at radius 1 is 1.07 bits per heavy atom. The molecule has 1 amide bonds. The van der Waals surface area contributed by atoms with Gasteiger partial charge in [0.05, 0.1) is 4.90 Å². The Balaban J connectivity index is 1.65. The molecule has 0 aliphatic rings. The fourth-order valence-corrected chi connectivity index (χ4v) is 3.23. The average molecular weight is 398 g/mol. The van der Waals surface area contributed by atoms with E-state index >= 15 is 0 Å². The molecule has 3 rings (SSSR count). The van der Waals surface area contributed by atoms with Crippen molar-refractivity contribution in [3.8, 4) is 0 Å². The number of furan rings is 1. The normalized spacial score (nSPS) is 11.5. The fraction of sp³-hybridized carbons (Fsp3) is 0.105. The summed E-state index contributed by atoms with van der Waals surface area (Å²) in [4.78, 5) is 19.9. The SMILES string of the molecule is Cc1ccnc(NS(=O)(=O)c2ccc(NC(=O)/C=C/c3ccc(C)o3)cc2)n1. The monoisotopic (exact) mass is 398 g/mol. The van der Waals surface area contributed by atoms with Gasteiger partial charge in [0, 0.05) is 23.7 Å². The van der Waals surface area contributed by atoms with E-state index in [-0.39, 0.29) is 16.8 Å². The van der Waals surface area contributed by atoms with Crippen LogP contribution >= 0.6 is 0 Å². The van der Waals surface area contributed by atoms with Crippen molar-refractivity contribution in [1.82, 2.24) is 9.97 Å². The third kappa shape index (κ3) is 5.04. The molecule has 28 heavy (non-hydrogen) atoms. The van der Waals surface area contributed by atoms with Gasteiger partial charge in [-0.2, -0.15) is 0 Å². The van der Waals surface area contributed by atoms with Crippen molar-refractivity contribution in [3.05, 3.63) is 72.0 Å². The summed E-state index contributed by atoms with van der Waals surface area (Å²) < 4.78 is 32.5. The van der Waals surface area contributed by atoms with Gasteiger partial charge in [-0.05, 0) is 62.4 Å². The maximum Gasteiger partial charge on any atom is 0.264 e. The van der Waals surface area contributed by atoms with E-state index in [0.717, 1.165) is 5.76 Å². The average Bonchev–Trinajstić information content (AvgIpc) is 3.05. The zero-order valence-corrected chi connectivity index (χ0v) is 16.0. The molecule has 2 aromatic heterocycles. The third-order valence-electron chi connectivity index (χ3n) is 3.61. The van der Waals surface area contributed by atoms with Crippen molar-refractivity contribution in [2.45, 2.75) is 18.7 Å². The van der Waals surface area contributed by atoms with E-state index < -0.39 is 10.0 Å². The van der Waals surface area contributed by atoms with Gasteiger partial charge in [-0.1, -0.05) is 0 Å². The fourth-order valence-electron chi connectivity index (χ4n) is 2.28. The lowest BCUT2D eigenvalue weighted by Crippen LogP contribution is -2.15. The molecule has 9 heteroatoms. The van der Waals surface area contributed by atoms with Crippen LogP contribution < -0.4 is 10.0 Å². The highest BCUT2D eigenvalue weighted by atomic mass is 32.2. The molecule has 0 atom stereocenters. The highest BCUT2D eigenvalue weighted by Gasteiger charge is 2.15. The van der Waals surface area contributed by atoms with E-state index in [9.17, 15) is 13.2 Å². The molecule has 1 aromatic carbocycles. The first-order valence-corrected chi connectivity index (χ1v) is 9.78. The molecule has 0 radical (unpaired) electrons.